The van der Waals surface area contributed by atoms with E-state index in [0.29, 0.717) is 0 Å². The van der Waals surface area contributed by atoms with Crippen molar-refractivity contribution in [3.63, 3.8) is 0 Å². The standard InChI is InChI=1S/C21H43N/c1-3-5-7-9-10-12-14-18-21(22-19-15-16-20-22)17-13-11-8-6-4-2/h21H,3-20H2,1-2H3. The zero-order valence-corrected chi connectivity index (χ0v) is 15.8. The van der Waals surface area contributed by atoms with Gasteiger partial charge in [0.05, 0.1) is 0 Å². The molecule has 0 aromatic heterocycles. The summed E-state index contributed by atoms with van der Waals surface area (Å²) in [5, 5.41) is 0. The fourth-order valence-electron chi connectivity index (χ4n) is 3.94. The van der Waals surface area contributed by atoms with E-state index < -0.39 is 0 Å². The lowest BCUT2D eigenvalue weighted by atomic mass is 9.99. The van der Waals surface area contributed by atoms with Gasteiger partial charge in [0.1, 0.15) is 0 Å². The normalized spacial score (nSPS) is 17.2. The van der Waals surface area contributed by atoms with E-state index in [2.05, 4.69) is 18.7 Å². The molecular weight excluding hydrogens is 266 g/mol. The summed E-state index contributed by atoms with van der Waals surface area (Å²) >= 11 is 0. The fraction of sp³-hybridized carbons (Fsp3) is 1.00. The van der Waals surface area contributed by atoms with Crippen LogP contribution in [0.4, 0.5) is 0 Å². The van der Waals surface area contributed by atoms with Crippen LogP contribution in [-0.4, -0.2) is 24.0 Å². The van der Waals surface area contributed by atoms with Crippen LogP contribution in [0.5, 0.6) is 0 Å². The summed E-state index contributed by atoms with van der Waals surface area (Å²) in [5.74, 6) is 0. The van der Waals surface area contributed by atoms with E-state index in [1.165, 1.54) is 116 Å². The third-order valence-electron chi connectivity index (χ3n) is 5.44. The fourth-order valence-corrected chi connectivity index (χ4v) is 3.94. The molecule has 1 aliphatic rings. The number of unbranched alkanes of at least 4 members (excludes halogenated alkanes) is 10. The molecule has 1 unspecified atom stereocenters. The van der Waals surface area contributed by atoms with Crippen LogP contribution < -0.4 is 0 Å². The van der Waals surface area contributed by atoms with Crippen molar-refractivity contribution in [2.45, 2.75) is 123 Å². The second kappa shape index (κ2) is 14.5. The van der Waals surface area contributed by atoms with Gasteiger partial charge >= 0.3 is 0 Å². The van der Waals surface area contributed by atoms with Gasteiger partial charge in [0.25, 0.3) is 0 Å². The van der Waals surface area contributed by atoms with Crippen molar-refractivity contribution in [1.29, 1.82) is 0 Å². The molecule has 1 fully saturated rings. The third kappa shape index (κ3) is 9.87. The Hall–Kier alpha value is -0.0400. The molecule has 1 heteroatoms. The van der Waals surface area contributed by atoms with Gasteiger partial charge in [0.15, 0.2) is 0 Å². The molecule has 0 radical (unpaired) electrons. The van der Waals surface area contributed by atoms with Gasteiger partial charge in [-0.3, -0.25) is 0 Å². The van der Waals surface area contributed by atoms with Gasteiger partial charge in [-0.1, -0.05) is 90.9 Å². The SMILES string of the molecule is CCCCCCCCCC(CCCCCCC)N1CCCC1. The highest BCUT2D eigenvalue weighted by Crippen LogP contribution is 2.22. The van der Waals surface area contributed by atoms with Gasteiger partial charge in [-0.25, -0.2) is 0 Å². The van der Waals surface area contributed by atoms with E-state index in [1.54, 1.807) is 0 Å². The zero-order valence-electron chi connectivity index (χ0n) is 15.8. The predicted octanol–water partition coefficient (Wildman–Crippen LogP) is 6.95. The van der Waals surface area contributed by atoms with Crippen LogP contribution in [-0.2, 0) is 0 Å². The Labute approximate surface area is 141 Å². The minimum absolute atomic E-state index is 0.916. The molecule has 0 aliphatic carbocycles. The third-order valence-corrected chi connectivity index (χ3v) is 5.44. The van der Waals surface area contributed by atoms with Crippen molar-refractivity contribution in [1.82, 2.24) is 4.90 Å². The van der Waals surface area contributed by atoms with E-state index in [0.717, 1.165) is 6.04 Å². The minimum atomic E-state index is 0.916. The van der Waals surface area contributed by atoms with Crippen molar-refractivity contribution < 1.29 is 0 Å². The maximum absolute atomic E-state index is 2.82. The van der Waals surface area contributed by atoms with Gasteiger partial charge in [-0.15, -0.1) is 0 Å². The van der Waals surface area contributed by atoms with Crippen molar-refractivity contribution >= 4 is 0 Å². The Kier molecular flexibility index (Phi) is 13.2. The van der Waals surface area contributed by atoms with E-state index >= 15 is 0 Å². The molecule has 1 saturated heterocycles. The first-order valence-electron chi connectivity index (χ1n) is 10.6. The molecule has 0 amide bonds. The summed E-state index contributed by atoms with van der Waals surface area (Å²) in [6.45, 7) is 7.39. The summed E-state index contributed by atoms with van der Waals surface area (Å²) in [5.41, 5.74) is 0. The number of hydrogen-bond acceptors (Lipinski definition) is 1. The minimum Gasteiger partial charge on any atom is -0.300 e. The molecule has 0 saturated carbocycles. The summed E-state index contributed by atoms with van der Waals surface area (Å²) in [4.78, 5) is 2.82. The number of rotatable bonds is 15. The van der Waals surface area contributed by atoms with Crippen LogP contribution in [0.25, 0.3) is 0 Å². The van der Waals surface area contributed by atoms with E-state index in [-0.39, 0.29) is 0 Å². The Morgan fingerprint density at radius 1 is 0.591 bits per heavy atom. The molecule has 0 aromatic carbocycles. The van der Waals surface area contributed by atoms with Crippen molar-refractivity contribution in [3.8, 4) is 0 Å². The van der Waals surface area contributed by atoms with Gasteiger partial charge in [0.2, 0.25) is 0 Å². The Morgan fingerprint density at radius 2 is 1.00 bits per heavy atom. The highest BCUT2D eigenvalue weighted by Gasteiger charge is 2.20. The lowest BCUT2D eigenvalue weighted by Gasteiger charge is -2.27. The molecule has 1 rings (SSSR count). The van der Waals surface area contributed by atoms with Gasteiger partial charge < -0.3 is 4.90 Å². The number of nitrogens with zero attached hydrogens (tertiary/aromatic N) is 1. The largest absolute Gasteiger partial charge is 0.300 e. The topological polar surface area (TPSA) is 3.24 Å². The van der Waals surface area contributed by atoms with Crippen LogP contribution in [0.2, 0.25) is 0 Å². The van der Waals surface area contributed by atoms with E-state index in [4.69, 9.17) is 0 Å². The smallest absolute Gasteiger partial charge is 0.00952 e. The second-order valence-electron chi connectivity index (χ2n) is 7.51. The summed E-state index contributed by atoms with van der Waals surface area (Å²) < 4.78 is 0. The molecule has 22 heavy (non-hydrogen) atoms. The van der Waals surface area contributed by atoms with Crippen LogP contribution in [0, 0.1) is 0 Å². The maximum atomic E-state index is 2.82. The molecule has 0 N–H and O–H groups in total. The molecule has 0 spiro atoms. The van der Waals surface area contributed by atoms with Crippen molar-refractivity contribution in [3.05, 3.63) is 0 Å². The maximum Gasteiger partial charge on any atom is 0.00952 e. The van der Waals surface area contributed by atoms with Crippen molar-refractivity contribution in [2.75, 3.05) is 13.1 Å². The lowest BCUT2D eigenvalue weighted by molar-refractivity contribution is 0.209. The average Bonchev–Trinajstić information content (AvgIpc) is 3.06. The van der Waals surface area contributed by atoms with Gasteiger partial charge in [0, 0.05) is 6.04 Å². The van der Waals surface area contributed by atoms with E-state index in [9.17, 15) is 0 Å². The van der Waals surface area contributed by atoms with Crippen molar-refractivity contribution in [2.24, 2.45) is 0 Å². The van der Waals surface area contributed by atoms with E-state index in [1.807, 2.05) is 0 Å². The first kappa shape index (κ1) is 20.0. The summed E-state index contributed by atoms with van der Waals surface area (Å²) in [6, 6.07) is 0.916. The average molecular weight is 310 g/mol. The molecule has 132 valence electrons. The highest BCUT2D eigenvalue weighted by atomic mass is 15.2. The van der Waals surface area contributed by atoms with Crippen LogP contribution >= 0.6 is 0 Å². The first-order valence-corrected chi connectivity index (χ1v) is 10.6. The second-order valence-corrected chi connectivity index (χ2v) is 7.51. The Balaban J connectivity index is 2.09. The molecular formula is C21H43N. The summed E-state index contributed by atoms with van der Waals surface area (Å²) in [7, 11) is 0. The molecule has 1 atom stereocenters. The molecule has 1 nitrogen and oxygen atoms in total. The predicted molar refractivity (Wildman–Crippen MR) is 101 cm³/mol. The monoisotopic (exact) mass is 309 g/mol. The number of likely N-dealkylation sites (tertiary alicyclic amines) is 1. The quantitative estimate of drug-likeness (QED) is 0.296. The van der Waals surface area contributed by atoms with Crippen LogP contribution in [0.1, 0.15) is 117 Å². The highest BCUT2D eigenvalue weighted by molar-refractivity contribution is 4.76. The van der Waals surface area contributed by atoms with Gasteiger partial charge in [-0.2, -0.15) is 0 Å². The Bertz CT molecular complexity index is 220. The molecule has 0 bridgehead atoms. The molecule has 0 aromatic rings. The van der Waals surface area contributed by atoms with Crippen LogP contribution in [0.3, 0.4) is 0 Å². The zero-order chi connectivity index (χ0) is 15.9. The Morgan fingerprint density at radius 3 is 1.45 bits per heavy atom. The molecule has 1 heterocycles. The number of hydrogen-bond donors (Lipinski definition) is 0. The lowest BCUT2D eigenvalue weighted by Crippen LogP contribution is -2.32. The summed E-state index contributed by atoms with van der Waals surface area (Å²) in [6.07, 6.45) is 23.2. The van der Waals surface area contributed by atoms with Crippen LogP contribution in [0.15, 0.2) is 0 Å². The first-order chi connectivity index (χ1) is 10.9. The molecule has 1 aliphatic heterocycles. The van der Waals surface area contributed by atoms with Gasteiger partial charge in [-0.05, 0) is 38.8 Å².